The molecule has 4 heterocycles. The molecule has 0 radical (unpaired) electrons. The van der Waals surface area contributed by atoms with E-state index in [0.717, 1.165) is 5.56 Å². The molecular formula is C31H38FN5O6. The molecule has 4 amide bonds. The summed E-state index contributed by atoms with van der Waals surface area (Å²) in [5.41, 5.74) is 0.499. The minimum absolute atomic E-state index is 0.0382. The van der Waals surface area contributed by atoms with Crippen LogP contribution in [0.15, 0.2) is 42.7 Å². The Balaban J connectivity index is 1.32. The van der Waals surface area contributed by atoms with Gasteiger partial charge in [-0.05, 0) is 63.4 Å². The van der Waals surface area contributed by atoms with E-state index in [1.165, 1.54) is 16.9 Å². The molecule has 43 heavy (non-hydrogen) atoms. The van der Waals surface area contributed by atoms with Crippen molar-refractivity contribution in [1.29, 1.82) is 0 Å². The summed E-state index contributed by atoms with van der Waals surface area (Å²) in [6.07, 6.45) is 3.59. The number of benzene rings is 1. The Morgan fingerprint density at radius 2 is 1.79 bits per heavy atom. The number of likely N-dealkylation sites (tertiary alicyclic amines) is 1. The predicted molar refractivity (Wildman–Crippen MR) is 157 cm³/mol. The Morgan fingerprint density at radius 1 is 1.05 bits per heavy atom. The van der Waals surface area contributed by atoms with Crippen LogP contribution in [0, 0.1) is 0 Å². The van der Waals surface area contributed by atoms with Crippen LogP contribution >= 0.6 is 0 Å². The van der Waals surface area contributed by atoms with Crippen molar-refractivity contribution in [2.45, 2.75) is 64.3 Å². The first-order valence-corrected chi connectivity index (χ1v) is 14.4. The number of urea groups is 1. The van der Waals surface area contributed by atoms with Crippen molar-refractivity contribution in [3.63, 3.8) is 0 Å². The summed E-state index contributed by atoms with van der Waals surface area (Å²) in [7, 11) is 3.07. The van der Waals surface area contributed by atoms with E-state index in [2.05, 4.69) is 5.10 Å². The van der Waals surface area contributed by atoms with Gasteiger partial charge in [-0.3, -0.25) is 14.6 Å². The maximum absolute atomic E-state index is 16.0. The number of nitrogens with zero attached hydrogens (tertiary/aromatic N) is 5. The van der Waals surface area contributed by atoms with E-state index in [1.807, 2.05) is 12.1 Å². The molecule has 12 heteroatoms. The van der Waals surface area contributed by atoms with Gasteiger partial charge in [0.2, 0.25) is 5.91 Å². The van der Waals surface area contributed by atoms with E-state index >= 15 is 4.39 Å². The second-order valence-electron chi connectivity index (χ2n) is 12.0. The van der Waals surface area contributed by atoms with Crippen molar-refractivity contribution in [3.8, 4) is 11.5 Å². The number of carbonyl (C=O) groups is 3. The van der Waals surface area contributed by atoms with Gasteiger partial charge in [-0.15, -0.1) is 0 Å². The fraction of sp³-hybridized carbons (Fsp3) is 0.484. The molecular weight excluding hydrogens is 557 g/mol. The summed E-state index contributed by atoms with van der Waals surface area (Å²) < 4.78 is 33.8. The van der Waals surface area contributed by atoms with E-state index in [0.29, 0.717) is 28.3 Å². The average Bonchev–Trinajstić information content (AvgIpc) is 3.37. The minimum Gasteiger partial charge on any atom is -0.497 e. The molecule has 230 valence electrons. The number of pyridine rings is 1. The fourth-order valence-electron chi connectivity index (χ4n) is 5.51. The second-order valence-corrected chi connectivity index (χ2v) is 12.0. The zero-order chi connectivity index (χ0) is 30.9. The highest BCUT2D eigenvalue weighted by molar-refractivity contribution is 6.07. The number of hydrogen-bond donors (Lipinski definition) is 0. The third kappa shape index (κ3) is 6.52. The Morgan fingerprint density at radius 3 is 2.47 bits per heavy atom. The Hall–Kier alpha value is -4.35. The normalized spacial score (nSPS) is 17.4. The smallest absolute Gasteiger partial charge is 0.410 e. The molecule has 0 bridgehead atoms. The largest absolute Gasteiger partial charge is 0.497 e. The topological polar surface area (TPSA) is 106 Å². The first kappa shape index (κ1) is 30.1. The second kappa shape index (κ2) is 11.7. The van der Waals surface area contributed by atoms with Gasteiger partial charge in [-0.25, -0.2) is 18.5 Å². The van der Waals surface area contributed by atoms with Crippen LogP contribution in [0.1, 0.15) is 51.2 Å². The van der Waals surface area contributed by atoms with E-state index in [-0.39, 0.29) is 57.8 Å². The fourth-order valence-corrected chi connectivity index (χ4v) is 5.51. The molecule has 3 aromatic rings. The van der Waals surface area contributed by atoms with Gasteiger partial charge in [0.15, 0.2) is 0 Å². The van der Waals surface area contributed by atoms with Crippen molar-refractivity contribution in [3.05, 3.63) is 53.9 Å². The van der Waals surface area contributed by atoms with Crippen molar-refractivity contribution in [2.75, 3.05) is 38.8 Å². The molecule has 0 saturated carbocycles. The quantitative estimate of drug-likeness (QED) is 0.379. The highest BCUT2D eigenvalue weighted by Gasteiger charge is 2.38. The lowest BCUT2D eigenvalue weighted by Gasteiger charge is -2.37. The van der Waals surface area contributed by atoms with Crippen molar-refractivity contribution in [2.24, 2.45) is 0 Å². The van der Waals surface area contributed by atoms with Gasteiger partial charge in [0.05, 0.1) is 38.2 Å². The van der Waals surface area contributed by atoms with Gasteiger partial charge in [-0.1, -0.05) is 0 Å². The van der Waals surface area contributed by atoms with Gasteiger partial charge in [-0.2, -0.15) is 5.10 Å². The molecule has 0 spiro atoms. The van der Waals surface area contributed by atoms with Crippen molar-refractivity contribution in [1.82, 2.24) is 19.4 Å². The number of halogens is 1. The van der Waals surface area contributed by atoms with Crippen LogP contribution in [-0.2, 0) is 22.5 Å². The van der Waals surface area contributed by atoms with E-state index in [9.17, 15) is 14.4 Å². The molecule has 0 N–H and O–H groups in total. The Kier molecular flexibility index (Phi) is 8.22. The molecule has 2 aromatic heterocycles. The van der Waals surface area contributed by atoms with Crippen LogP contribution in [-0.4, -0.2) is 82.6 Å². The SMILES string of the molecule is COc1ccc(CN2C(=O)CCN(c3cnn4ccc(CC5(F)CCN(C(=O)OC(C)(C)C)CC5)cc34)C2=O)c(OC)c1. The lowest BCUT2D eigenvalue weighted by Crippen LogP contribution is -2.52. The summed E-state index contributed by atoms with van der Waals surface area (Å²) in [5.74, 6) is 0.826. The number of hydrogen-bond acceptors (Lipinski definition) is 7. The van der Waals surface area contributed by atoms with Gasteiger partial charge in [0.25, 0.3) is 0 Å². The zero-order valence-corrected chi connectivity index (χ0v) is 25.3. The lowest BCUT2D eigenvalue weighted by molar-refractivity contribution is -0.129. The lowest BCUT2D eigenvalue weighted by atomic mass is 9.87. The van der Waals surface area contributed by atoms with Crippen LogP contribution in [0.2, 0.25) is 0 Å². The number of imide groups is 1. The molecule has 2 aliphatic heterocycles. The first-order valence-electron chi connectivity index (χ1n) is 14.4. The van der Waals surface area contributed by atoms with E-state index in [1.54, 1.807) is 67.9 Å². The van der Waals surface area contributed by atoms with Crippen molar-refractivity contribution < 1.29 is 33.0 Å². The third-order valence-electron chi connectivity index (χ3n) is 7.82. The van der Waals surface area contributed by atoms with Crippen molar-refractivity contribution >= 4 is 29.2 Å². The van der Waals surface area contributed by atoms with Crippen LogP contribution < -0.4 is 14.4 Å². The summed E-state index contributed by atoms with van der Waals surface area (Å²) in [6.45, 7) is 6.21. The molecule has 0 atom stereocenters. The number of rotatable bonds is 7. The van der Waals surface area contributed by atoms with Crippen LogP contribution in [0.5, 0.6) is 11.5 Å². The summed E-state index contributed by atoms with van der Waals surface area (Å²) >= 11 is 0. The minimum atomic E-state index is -1.49. The van der Waals surface area contributed by atoms with Crippen LogP contribution in [0.4, 0.5) is 19.7 Å². The number of ether oxygens (including phenoxy) is 3. The Bertz CT molecular complexity index is 1520. The summed E-state index contributed by atoms with van der Waals surface area (Å²) in [4.78, 5) is 43.2. The molecule has 2 aliphatic rings. The molecule has 2 saturated heterocycles. The van der Waals surface area contributed by atoms with Gasteiger partial charge in [0.1, 0.15) is 22.8 Å². The van der Waals surface area contributed by atoms with Crippen LogP contribution in [0.3, 0.4) is 0 Å². The molecule has 0 unspecified atom stereocenters. The standard InChI is InChI=1S/C31H38FN5O6/c1-30(2,3)43-29(40)34-14-10-31(32,11-15-34)18-21-8-13-37-24(16-21)25(19-33-37)35-12-9-27(38)36(28(35)39)20-22-6-7-23(41-4)17-26(22)42-5/h6-8,13,16-17,19H,9-12,14-15,18,20H2,1-5H3. The number of fused-ring (bicyclic) bond motifs is 1. The Labute approximate surface area is 250 Å². The molecule has 2 fully saturated rings. The van der Waals surface area contributed by atoms with Gasteiger partial charge < -0.3 is 19.1 Å². The molecule has 1 aromatic carbocycles. The number of alkyl halides is 1. The maximum Gasteiger partial charge on any atom is 0.410 e. The highest BCUT2D eigenvalue weighted by Crippen LogP contribution is 2.34. The number of piperidine rings is 1. The monoisotopic (exact) mass is 595 g/mol. The third-order valence-corrected chi connectivity index (χ3v) is 7.82. The first-order chi connectivity index (χ1) is 20.4. The summed E-state index contributed by atoms with van der Waals surface area (Å²) in [5, 5.41) is 4.40. The van der Waals surface area contributed by atoms with Gasteiger partial charge in [0, 0.05) is 50.3 Å². The van der Waals surface area contributed by atoms with Gasteiger partial charge >= 0.3 is 12.1 Å². The zero-order valence-electron chi connectivity index (χ0n) is 25.3. The predicted octanol–water partition coefficient (Wildman–Crippen LogP) is 4.99. The van der Waals surface area contributed by atoms with Crippen LogP contribution in [0.25, 0.3) is 5.52 Å². The number of carbonyl (C=O) groups excluding carboxylic acids is 3. The maximum atomic E-state index is 16.0. The van der Waals surface area contributed by atoms with E-state index in [4.69, 9.17) is 14.2 Å². The average molecular weight is 596 g/mol. The number of aromatic nitrogens is 2. The number of methoxy groups -OCH3 is 2. The molecule has 0 aliphatic carbocycles. The van der Waals surface area contributed by atoms with E-state index < -0.39 is 23.4 Å². The highest BCUT2D eigenvalue weighted by atomic mass is 19.1. The summed E-state index contributed by atoms with van der Waals surface area (Å²) in [6, 6.07) is 8.41. The number of anilines is 1. The molecule has 11 nitrogen and oxygen atoms in total. The number of amides is 4. The molecule has 5 rings (SSSR count).